The van der Waals surface area contributed by atoms with Crippen LogP contribution in [0.4, 0.5) is 11.4 Å². The molecule has 4 radical (unpaired) electrons. The van der Waals surface area contributed by atoms with Crippen molar-refractivity contribution in [1.82, 2.24) is 0 Å². The highest BCUT2D eigenvalue weighted by Gasteiger charge is 2.65. The Morgan fingerprint density at radius 1 is 0.435 bits per heavy atom. The second-order valence-electron chi connectivity index (χ2n) is 19.6. The predicted molar refractivity (Wildman–Crippen MR) is 231 cm³/mol. The van der Waals surface area contributed by atoms with Gasteiger partial charge in [-0.1, -0.05) is 139 Å². The molecule has 0 unspecified atom stereocenters. The van der Waals surface area contributed by atoms with Crippen molar-refractivity contribution in [1.29, 1.82) is 0 Å². The zero-order valence-corrected chi connectivity index (χ0v) is 41.7. The summed E-state index contributed by atoms with van der Waals surface area (Å²) in [6.45, 7) is 52.7. The lowest BCUT2D eigenvalue weighted by atomic mass is 10.1. The van der Waals surface area contributed by atoms with E-state index in [0.717, 1.165) is 20.7 Å². The van der Waals surface area contributed by atoms with Crippen molar-refractivity contribution in [2.24, 2.45) is 0 Å². The van der Waals surface area contributed by atoms with Crippen LogP contribution in [0.5, 0.6) is 0 Å². The van der Waals surface area contributed by atoms with E-state index in [4.69, 9.17) is 0 Å². The standard InChI is InChI=1S/C36H70N2Si8/c1-27(2)39(35(43(9,10)11)44(12,13)14)41-37(33-23-29(5)21-30(6)24-33)42(38(41)34-25-31(7)22-32(8)26-34)40(28(3)4)36(45(15,16)17)46(18,19)20/h21-28,35-36H,1-20H3. The first kappa shape index (κ1) is 40.2. The molecule has 0 aliphatic carbocycles. The van der Waals surface area contributed by atoms with Crippen LogP contribution in [0, 0.1) is 27.7 Å². The first-order valence-electron chi connectivity index (χ1n) is 17.9. The molecule has 2 nitrogen and oxygen atoms in total. The zero-order valence-electron chi connectivity index (χ0n) is 33.7. The quantitative estimate of drug-likeness (QED) is 0.199. The normalized spacial score (nSPS) is 16.3. The van der Waals surface area contributed by atoms with Gasteiger partial charge in [0.1, 0.15) is 0 Å². The van der Waals surface area contributed by atoms with Crippen molar-refractivity contribution in [3.8, 4) is 0 Å². The Morgan fingerprint density at radius 2 is 0.652 bits per heavy atom. The largest absolute Gasteiger partial charge is 0.397 e. The first-order valence-corrected chi connectivity index (χ1v) is 40.3. The monoisotopic (exact) mass is 754 g/mol. The summed E-state index contributed by atoms with van der Waals surface area (Å²) in [6.07, 6.45) is 0. The SMILES string of the molecule is Cc1cc(C)cc(N2[Si]([Si](C(C)C)C([Si](C)(C)C)[Si](C)(C)C)N(c3cc(C)cc(C)c3)[Si]2[Si](C(C)C)C([Si](C)(C)C)[Si](C)(C)C)c1. The van der Waals surface area contributed by atoms with Gasteiger partial charge in [-0.15, -0.1) is 0 Å². The average Bonchev–Trinajstić information content (AvgIpc) is 2.77. The Morgan fingerprint density at radius 3 is 0.826 bits per heavy atom. The third-order valence-corrected chi connectivity index (χ3v) is 68.2. The molecule has 2 aromatic carbocycles. The molecule has 1 aliphatic heterocycles. The van der Waals surface area contributed by atoms with E-state index < -0.39 is 66.2 Å². The molecule has 0 amide bonds. The van der Waals surface area contributed by atoms with Gasteiger partial charge in [-0.3, -0.25) is 0 Å². The lowest BCUT2D eigenvalue weighted by Gasteiger charge is -2.66. The van der Waals surface area contributed by atoms with Gasteiger partial charge in [0.15, 0.2) is 0 Å². The maximum Gasteiger partial charge on any atom is 0.259 e. The highest BCUT2D eigenvalue weighted by atomic mass is 29.3. The summed E-state index contributed by atoms with van der Waals surface area (Å²) < 4.78 is 6.63. The van der Waals surface area contributed by atoms with Gasteiger partial charge in [-0.25, -0.2) is 0 Å². The van der Waals surface area contributed by atoms with Gasteiger partial charge in [-0.05, 0) is 74.2 Å². The van der Waals surface area contributed by atoms with Crippen LogP contribution in [0.1, 0.15) is 49.9 Å². The molecule has 1 fully saturated rings. The summed E-state index contributed by atoms with van der Waals surface area (Å²) in [4.78, 5) is 1.95. The van der Waals surface area contributed by atoms with Crippen LogP contribution < -0.4 is 8.46 Å². The third-order valence-electron chi connectivity index (χ3n) is 9.62. The Labute approximate surface area is 297 Å². The maximum absolute atomic E-state index is 3.32. The number of aryl methyl sites for hydroxylation is 4. The van der Waals surface area contributed by atoms with Crippen molar-refractivity contribution in [3.63, 3.8) is 0 Å². The topological polar surface area (TPSA) is 6.48 Å². The fourth-order valence-electron chi connectivity index (χ4n) is 9.43. The Kier molecular flexibility index (Phi) is 12.4. The van der Waals surface area contributed by atoms with E-state index in [-0.39, 0.29) is 0 Å². The van der Waals surface area contributed by atoms with Crippen LogP contribution in [0.2, 0.25) is 99.2 Å². The zero-order chi connectivity index (χ0) is 35.5. The summed E-state index contributed by atoms with van der Waals surface area (Å²) in [5.41, 5.74) is 10.5. The molecule has 0 saturated carbocycles. The van der Waals surface area contributed by atoms with Crippen LogP contribution in [-0.2, 0) is 0 Å². The Balaban J connectivity index is 2.53. The molecule has 0 aromatic heterocycles. The minimum atomic E-state index is -1.44. The predicted octanol–water partition coefficient (Wildman–Crippen LogP) is 11.4. The third kappa shape index (κ3) is 8.73. The van der Waals surface area contributed by atoms with Gasteiger partial charge in [0, 0.05) is 43.7 Å². The average molecular weight is 756 g/mol. The number of hydrogen-bond acceptors (Lipinski definition) is 2. The van der Waals surface area contributed by atoms with Crippen molar-refractivity contribution in [3.05, 3.63) is 58.7 Å². The van der Waals surface area contributed by atoms with Gasteiger partial charge in [0.25, 0.3) is 17.3 Å². The number of rotatable bonds is 12. The molecule has 256 valence electrons. The molecule has 0 atom stereocenters. The summed E-state index contributed by atoms with van der Waals surface area (Å²) in [6, 6.07) is 15.3. The molecular formula is C36H70N2Si8. The molecule has 0 spiro atoms. The molecule has 0 N–H and O–H groups in total. The molecule has 10 heteroatoms. The van der Waals surface area contributed by atoms with Gasteiger partial charge < -0.3 is 8.46 Å². The van der Waals surface area contributed by atoms with E-state index in [1.54, 1.807) is 11.4 Å². The summed E-state index contributed by atoms with van der Waals surface area (Å²) in [7, 11) is -9.25. The Bertz CT molecular complexity index is 1170. The van der Waals surface area contributed by atoms with Crippen LogP contribution in [0.15, 0.2) is 36.4 Å². The van der Waals surface area contributed by atoms with Crippen molar-refractivity contribution >= 4 is 77.6 Å². The fourth-order valence-corrected chi connectivity index (χ4v) is 97.1. The molecular weight excluding hydrogens is 685 g/mol. The fraction of sp³-hybridized carbons (Fsp3) is 0.667. The molecule has 1 saturated heterocycles. The summed E-state index contributed by atoms with van der Waals surface area (Å²) in [5.74, 6) is 0. The molecule has 2 aromatic rings. The van der Waals surface area contributed by atoms with E-state index in [1.807, 2.05) is 0 Å². The van der Waals surface area contributed by atoms with E-state index in [2.05, 4.69) is 179 Å². The second kappa shape index (κ2) is 14.2. The van der Waals surface area contributed by atoms with Crippen molar-refractivity contribution < 1.29 is 0 Å². The highest BCUT2D eigenvalue weighted by molar-refractivity contribution is 7.52. The lowest BCUT2D eigenvalue weighted by Crippen LogP contribution is -2.90. The van der Waals surface area contributed by atoms with Crippen molar-refractivity contribution in [2.45, 2.75) is 155 Å². The van der Waals surface area contributed by atoms with E-state index >= 15 is 0 Å². The number of benzene rings is 2. The number of anilines is 2. The van der Waals surface area contributed by atoms with Crippen LogP contribution >= 0.6 is 0 Å². The van der Waals surface area contributed by atoms with E-state index in [0.29, 0.717) is 0 Å². The lowest BCUT2D eigenvalue weighted by molar-refractivity contribution is 1.02. The van der Waals surface area contributed by atoms with Crippen LogP contribution in [0.3, 0.4) is 0 Å². The molecule has 46 heavy (non-hydrogen) atoms. The smallest absolute Gasteiger partial charge is 0.259 e. The van der Waals surface area contributed by atoms with E-state index in [1.165, 1.54) is 22.3 Å². The number of hydrogen-bond donors (Lipinski definition) is 0. The van der Waals surface area contributed by atoms with Gasteiger partial charge in [0.2, 0.25) is 0 Å². The maximum atomic E-state index is 3.32. The molecule has 3 rings (SSSR count). The first-order chi connectivity index (χ1) is 20.7. The molecule has 1 aliphatic rings. The second-order valence-corrected chi connectivity index (χ2v) is 59.7. The highest BCUT2D eigenvalue weighted by Crippen LogP contribution is 2.49. The minimum Gasteiger partial charge on any atom is -0.397 e. The Hall–Kier alpha value is -0.225. The molecule has 1 heterocycles. The summed E-state index contributed by atoms with van der Waals surface area (Å²) in [5, 5.41) is 0. The van der Waals surface area contributed by atoms with Gasteiger partial charge >= 0.3 is 0 Å². The van der Waals surface area contributed by atoms with Crippen LogP contribution in [0.25, 0.3) is 0 Å². The summed E-state index contributed by atoms with van der Waals surface area (Å²) >= 11 is 0. The van der Waals surface area contributed by atoms with Crippen molar-refractivity contribution in [2.75, 3.05) is 8.46 Å². The van der Waals surface area contributed by atoms with Crippen LogP contribution in [-0.4, -0.2) is 66.2 Å². The van der Waals surface area contributed by atoms with E-state index in [9.17, 15) is 0 Å². The molecule has 0 bridgehead atoms. The number of nitrogens with zero attached hydrogens (tertiary/aromatic N) is 2. The van der Waals surface area contributed by atoms with Gasteiger partial charge in [0.05, 0.1) is 16.6 Å². The van der Waals surface area contributed by atoms with Gasteiger partial charge in [-0.2, -0.15) is 0 Å². The minimum absolute atomic E-state index is 0.742.